The van der Waals surface area contributed by atoms with Crippen LogP contribution < -0.4 is 11.5 Å². The molecule has 1 amide bonds. The van der Waals surface area contributed by atoms with E-state index in [0.717, 1.165) is 10.1 Å². The van der Waals surface area contributed by atoms with Crippen LogP contribution in [-0.2, 0) is 0 Å². The summed E-state index contributed by atoms with van der Waals surface area (Å²) >= 11 is 1.33. The van der Waals surface area contributed by atoms with Crippen molar-refractivity contribution in [1.82, 2.24) is 0 Å². The van der Waals surface area contributed by atoms with E-state index in [1.165, 1.54) is 11.3 Å². The van der Waals surface area contributed by atoms with Crippen LogP contribution in [0.3, 0.4) is 0 Å². The van der Waals surface area contributed by atoms with Gasteiger partial charge in [0.05, 0.1) is 5.69 Å². The van der Waals surface area contributed by atoms with Crippen molar-refractivity contribution in [1.29, 1.82) is 0 Å². The minimum atomic E-state index is -0.460. The molecule has 13 heavy (non-hydrogen) atoms. The van der Waals surface area contributed by atoms with Gasteiger partial charge in [-0.2, -0.15) is 0 Å². The van der Waals surface area contributed by atoms with Gasteiger partial charge in [-0.15, -0.1) is 11.3 Å². The Labute approximate surface area is 79.0 Å². The average molecular weight is 192 g/mol. The minimum Gasteiger partial charge on any atom is -0.397 e. The van der Waals surface area contributed by atoms with E-state index in [1.807, 2.05) is 24.3 Å². The fraction of sp³-hybridized carbons (Fsp3) is 0. The van der Waals surface area contributed by atoms with Crippen LogP contribution in [0.2, 0.25) is 0 Å². The highest BCUT2D eigenvalue weighted by Gasteiger charge is 2.12. The molecule has 0 spiro atoms. The maximum absolute atomic E-state index is 10.9. The largest absolute Gasteiger partial charge is 0.397 e. The maximum Gasteiger partial charge on any atom is 0.260 e. The predicted octanol–water partition coefficient (Wildman–Crippen LogP) is 1.58. The van der Waals surface area contributed by atoms with Crippen molar-refractivity contribution in [2.45, 2.75) is 0 Å². The van der Waals surface area contributed by atoms with Crippen LogP contribution in [0.1, 0.15) is 9.67 Å². The summed E-state index contributed by atoms with van der Waals surface area (Å²) in [4.78, 5) is 11.4. The molecular weight excluding hydrogens is 184 g/mol. The first-order valence-electron chi connectivity index (χ1n) is 3.77. The first-order valence-corrected chi connectivity index (χ1v) is 4.58. The third-order valence-electron chi connectivity index (χ3n) is 1.86. The molecule has 1 aromatic carbocycles. The summed E-state index contributed by atoms with van der Waals surface area (Å²) in [6.07, 6.45) is 0. The van der Waals surface area contributed by atoms with Crippen molar-refractivity contribution in [3.05, 3.63) is 29.1 Å². The monoisotopic (exact) mass is 192 g/mol. The number of hydrogen-bond donors (Lipinski definition) is 2. The maximum atomic E-state index is 10.9. The van der Waals surface area contributed by atoms with Crippen LogP contribution in [0.25, 0.3) is 10.1 Å². The summed E-state index contributed by atoms with van der Waals surface area (Å²) < 4.78 is 0.994. The molecular formula is C9H8N2OS. The van der Waals surface area contributed by atoms with Gasteiger partial charge in [-0.3, -0.25) is 4.79 Å². The summed E-state index contributed by atoms with van der Waals surface area (Å²) in [7, 11) is 0. The van der Waals surface area contributed by atoms with Gasteiger partial charge in [0.2, 0.25) is 0 Å². The van der Waals surface area contributed by atoms with Crippen LogP contribution >= 0.6 is 11.3 Å². The SMILES string of the molecule is NC(=O)c1sc2ccccc2c1N. The van der Waals surface area contributed by atoms with Crippen molar-refractivity contribution >= 4 is 33.0 Å². The number of amides is 1. The van der Waals surface area contributed by atoms with Crippen molar-refractivity contribution in [3.63, 3.8) is 0 Å². The number of fused-ring (bicyclic) bond motifs is 1. The number of hydrogen-bond acceptors (Lipinski definition) is 3. The Morgan fingerprint density at radius 2 is 2.00 bits per heavy atom. The van der Waals surface area contributed by atoms with E-state index in [0.29, 0.717) is 10.6 Å². The molecule has 1 heterocycles. The Balaban J connectivity index is 2.81. The van der Waals surface area contributed by atoms with Crippen molar-refractivity contribution in [3.8, 4) is 0 Å². The van der Waals surface area contributed by atoms with E-state index in [-0.39, 0.29) is 0 Å². The van der Waals surface area contributed by atoms with Crippen LogP contribution in [-0.4, -0.2) is 5.91 Å². The van der Waals surface area contributed by atoms with E-state index in [4.69, 9.17) is 11.5 Å². The van der Waals surface area contributed by atoms with Crippen LogP contribution in [0.15, 0.2) is 24.3 Å². The van der Waals surface area contributed by atoms with E-state index in [1.54, 1.807) is 0 Å². The second kappa shape index (κ2) is 2.74. The first-order chi connectivity index (χ1) is 6.20. The Morgan fingerprint density at radius 1 is 1.31 bits per heavy atom. The highest BCUT2D eigenvalue weighted by Crippen LogP contribution is 2.32. The summed E-state index contributed by atoms with van der Waals surface area (Å²) in [5.74, 6) is -0.460. The number of nitrogen functional groups attached to an aromatic ring is 1. The zero-order valence-corrected chi connectivity index (χ0v) is 7.60. The molecule has 0 radical (unpaired) electrons. The first kappa shape index (κ1) is 8.07. The third kappa shape index (κ3) is 1.15. The normalized spacial score (nSPS) is 10.5. The molecule has 0 aliphatic carbocycles. The molecule has 1 aromatic heterocycles. The number of anilines is 1. The molecule has 3 nitrogen and oxygen atoms in total. The Hall–Kier alpha value is -1.55. The number of benzene rings is 1. The lowest BCUT2D eigenvalue weighted by atomic mass is 10.2. The number of carbonyl (C=O) groups is 1. The molecule has 0 unspecified atom stereocenters. The molecule has 0 saturated carbocycles. The zero-order valence-electron chi connectivity index (χ0n) is 6.78. The van der Waals surface area contributed by atoms with Gasteiger partial charge in [-0.1, -0.05) is 18.2 Å². The molecule has 0 atom stereocenters. The van der Waals surface area contributed by atoms with E-state index in [9.17, 15) is 4.79 Å². The highest BCUT2D eigenvalue weighted by molar-refractivity contribution is 7.21. The molecule has 0 aliphatic rings. The summed E-state index contributed by atoms with van der Waals surface area (Å²) in [6.45, 7) is 0. The molecule has 4 N–H and O–H groups in total. The molecule has 0 aliphatic heterocycles. The summed E-state index contributed by atoms with van der Waals surface area (Å²) in [6, 6.07) is 7.59. The lowest BCUT2D eigenvalue weighted by Gasteiger charge is -1.91. The fourth-order valence-electron chi connectivity index (χ4n) is 1.25. The summed E-state index contributed by atoms with van der Waals surface area (Å²) in [5.41, 5.74) is 11.4. The minimum absolute atomic E-state index is 0.446. The van der Waals surface area contributed by atoms with Gasteiger partial charge in [0.1, 0.15) is 4.88 Å². The highest BCUT2D eigenvalue weighted by atomic mass is 32.1. The molecule has 0 saturated heterocycles. The predicted molar refractivity (Wildman–Crippen MR) is 54.8 cm³/mol. The van der Waals surface area contributed by atoms with Gasteiger partial charge in [-0.25, -0.2) is 0 Å². The van der Waals surface area contributed by atoms with E-state index in [2.05, 4.69) is 0 Å². The molecule has 0 fully saturated rings. The van der Waals surface area contributed by atoms with Gasteiger partial charge >= 0.3 is 0 Å². The van der Waals surface area contributed by atoms with Crippen LogP contribution in [0.4, 0.5) is 5.69 Å². The second-order valence-electron chi connectivity index (χ2n) is 2.71. The quantitative estimate of drug-likeness (QED) is 0.720. The van der Waals surface area contributed by atoms with Gasteiger partial charge in [0, 0.05) is 10.1 Å². The summed E-state index contributed by atoms with van der Waals surface area (Å²) in [5, 5.41) is 0.904. The fourth-order valence-corrected chi connectivity index (χ4v) is 2.22. The second-order valence-corrected chi connectivity index (χ2v) is 3.76. The number of carbonyl (C=O) groups excluding carboxylic acids is 1. The number of thiophene rings is 1. The van der Waals surface area contributed by atoms with Crippen LogP contribution in [0, 0.1) is 0 Å². The number of rotatable bonds is 1. The lowest BCUT2D eigenvalue weighted by Crippen LogP contribution is -2.10. The smallest absolute Gasteiger partial charge is 0.260 e. The lowest BCUT2D eigenvalue weighted by molar-refractivity contribution is 0.100. The molecule has 2 aromatic rings. The van der Waals surface area contributed by atoms with Crippen molar-refractivity contribution < 1.29 is 4.79 Å². The zero-order chi connectivity index (χ0) is 9.42. The van der Waals surface area contributed by atoms with Gasteiger partial charge < -0.3 is 11.5 Å². The Bertz CT molecular complexity index is 475. The third-order valence-corrected chi connectivity index (χ3v) is 3.06. The van der Waals surface area contributed by atoms with Gasteiger partial charge in [0.15, 0.2) is 0 Å². The van der Waals surface area contributed by atoms with Crippen molar-refractivity contribution in [2.24, 2.45) is 5.73 Å². The Kier molecular flexibility index (Phi) is 1.70. The van der Waals surface area contributed by atoms with E-state index < -0.39 is 5.91 Å². The number of nitrogens with two attached hydrogens (primary N) is 2. The van der Waals surface area contributed by atoms with Crippen molar-refractivity contribution in [2.75, 3.05) is 5.73 Å². The molecule has 4 heteroatoms. The topological polar surface area (TPSA) is 69.1 Å². The van der Waals surface area contributed by atoms with Gasteiger partial charge in [0.25, 0.3) is 5.91 Å². The van der Waals surface area contributed by atoms with Gasteiger partial charge in [-0.05, 0) is 6.07 Å². The van der Waals surface area contributed by atoms with E-state index >= 15 is 0 Å². The molecule has 66 valence electrons. The average Bonchev–Trinajstić information content (AvgIpc) is 2.45. The number of primary amides is 1. The Morgan fingerprint density at radius 3 is 2.62 bits per heavy atom. The van der Waals surface area contributed by atoms with Crippen LogP contribution in [0.5, 0.6) is 0 Å². The standard InChI is InChI=1S/C9H8N2OS/c10-7-5-3-1-2-4-6(5)13-8(7)9(11)12/h1-4H,10H2,(H2,11,12). The molecule has 0 bridgehead atoms. The molecule has 2 rings (SSSR count).